The summed E-state index contributed by atoms with van der Waals surface area (Å²) in [5.74, 6) is 2.95. The molecule has 2 saturated carbocycles. The van der Waals surface area contributed by atoms with E-state index >= 15 is 0 Å². The van der Waals surface area contributed by atoms with E-state index in [1.165, 1.54) is 12.0 Å². The van der Waals surface area contributed by atoms with Crippen molar-refractivity contribution in [1.29, 1.82) is 0 Å². The summed E-state index contributed by atoms with van der Waals surface area (Å²) in [4.78, 5) is 12.4. The van der Waals surface area contributed by atoms with E-state index in [1.54, 1.807) is 0 Å². The Balaban J connectivity index is 1.66. The third-order valence-electron chi connectivity index (χ3n) is 7.08. The molecule has 2 nitrogen and oxygen atoms in total. The van der Waals surface area contributed by atoms with Gasteiger partial charge in [-0.05, 0) is 74.7 Å². The number of carbonyl (C=O) groups is 1. The third-order valence-corrected chi connectivity index (χ3v) is 7.08. The minimum atomic E-state index is -0.115. The van der Waals surface area contributed by atoms with Crippen LogP contribution in [0, 0.1) is 29.1 Å². The maximum Gasteiger partial charge on any atom is 0.162 e. The molecule has 0 amide bonds. The molecule has 0 aromatic heterocycles. The highest BCUT2D eigenvalue weighted by atomic mass is 16.3. The summed E-state index contributed by atoms with van der Waals surface area (Å²) in [5, 5.41) is 9.91. The largest absolute Gasteiger partial charge is 0.393 e. The quantitative estimate of drug-likeness (QED) is 0.747. The first kappa shape index (κ1) is 13.8. The van der Waals surface area contributed by atoms with Crippen molar-refractivity contribution in [3.63, 3.8) is 0 Å². The van der Waals surface area contributed by atoms with Gasteiger partial charge in [0.05, 0.1) is 6.10 Å². The Morgan fingerprint density at radius 3 is 2.95 bits per heavy atom. The fourth-order valence-corrected chi connectivity index (χ4v) is 5.95. The minimum absolute atomic E-state index is 0.0688. The Bertz CT molecular complexity index is 518. The van der Waals surface area contributed by atoms with Crippen molar-refractivity contribution in [3.05, 3.63) is 23.8 Å². The van der Waals surface area contributed by atoms with Gasteiger partial charge in [-0.25, -0.2) is 0 Å². The lowest BCUT2D eigenvalue weighted by Gasteiger charge is -2.52. The lowest BCUT2D eigenvalue weighted by Crippen LogP contribution is -2.47. The maximum absolute atomic E-state index is 12.4. The van der Waals surface area contributed by atoms with Crippen molar-refractivity contribution in [1.82, 2.24) is 0 Å². The predicted molar refractivity (Wildman–Crippen MR) is 82.6 cm³/mol. The average molecular weight is 286 g/mol. The van der Waals surface area contributed by atoms with Gasteiger partial charge in [0.1, 0.15) is 0 Å². The Labute approximate surface area is 127 Å². The standard InChI is InChI=1S/C19H26O2/c1-2-19-10-9-15-14-6-4-13(20)11-12(14)3-5-16(15)17(19)7-8-18(19)21/h3,7-8,13-17,20H,2,4-6,9-11H2,1H3/t13?,14?,15?,16?,17?,19-/m0/s1. The van der Waals surface area contributed by atoms with Crippen molar-refractivity contribution >= 4 is 5.78 Å². The van der Waals surface area contributed by atoms with E-state index in [-0.39, 0.29) is 11.5 Å². The van der Waals surface area contributed by atoms with Crippen LogP contribution in [0.1, 0.15) is 51.9 Å². The van der Waals surface area contributed by atoms with E-state index in [9.17, 15) is 9.90 Å². The molecule has 2 fully saturated rings. The fraction of sp³-hybridized carbons (Fsp3) is 0.737. The first-order chi connectivity index (χ1) is 10.2. The molecule has 21 heavy (non-hydrogen) atoms. The lowest BCUT2D eigenvalue weighted by molar-refractivity contribution is -0.130. The highest BCUT2D eigenvalue weighted by molar-refractivity contribution is 5.98. The second kappa shape index (κ2) is 4.81. The van der Waals surface area contributed by atoms with Crippen LogP contribution in [0.15, 0.2) is 23.8 Å². The van der Waals surface area contributed by atoms with E-state index in [0.717, 1.165) is 44.4 Å². The van der Waals surface area contributed by atoms with Crippen LogP contribution in [-0.4, -0.2) is 17.0 Å². The second-order valence-electron chi connectivity index (χ2n) is 7.68. The van der Waals surface area contributed by atoms with Gasteiger partial charge >= 0.3 is 0 Å². The minimum Gasteiger partial charge on any atom is -0.393 e. The molecule has 0 heterocycles. The van der Waals surface area contributed by atoms with Crippen molar-refractivity contribution in [2.75, 3.05) is 0 Å². The van der Waals surface area contributed by atoms with E-state index in [4.69, 9.17) is 0 Å². The van der Waals surface area contributed by atoms with Gasteiger partial charge in [-0.3, -0.25) is 4.79 Å². The van der Waals surface area contributed by atoms with Gasteiger partial charge in [-0.2, -0.15) is 0 Å². The smallest absolute Gasteiger partial charge is 0.162 e. The third kappa shape index (κ3) is 1.84. The van der Waals surface area contributed by atoms with Crippen LogP contribution in [0.5, 0.6) is 0 Å². The number of fused-ring (bicyclic) bond motifs is 5. The van der Waals surface area contributed by atoms with Gasteiger partial charge in [-0.15, -0.1) is 0 Å². The first-order valence-electron chi connectivity index (χ1n) is 8.75. The SMILES string of the molecule is CC[C@]12CCC3C4CCC(O)CC4=CCC3C1C=CC2=O. The van der Waals surface area contributed by atoms with E-state index in [1.807, 2.05) is 6.08 Å². The monoisotopic (exact) mass is 286 g/mol. The highest BCUT2D eigenvalue weighted by Gasteiger charge is 2.55. The number of aliphatic hydroxyl groups is 1. The van der Waals surface area contributed by atoms with Crippen molar-refractivity contribution in [2.24, 2.45) is 29.1 Å². The summed E-state index contributed by atoms with van der Waals surface area (Å²) in [7, 11) is 0. The van der Waals surface area contributed by atoms with E-state index in [0.29, 0.717) is 23.5 Å². The highest BCUT2D eigenvalue weighted by Crippen LogP contribution is 2.59. The molecule has 4 rings (SSSR count). The number of aliphatic hydroxyl groups excluding tert-OH is 1. The molecule has 4 aliphatic carbocycles. The summed E-state index contributed by atoms with van der Waals surface area (Å²) in [6.45, 7) is 2.19. The molecule has 2 heteroatoms. The van der Waals surface area contributed by atoms with Gasteiger partial charge in [0.15, 0.2) is 5.78 Å². The Hall–Kier alpha value is -0.890. The lowest BCUT2D eigenvalue weighted by atomic mass is 9.52. The molecule has 4 aliphatic rings. The van der Waals surface area contributed by atoms with Crippen molar-refractivity contribution < 1.29 is 9.90 Å². The molecule has 6 atom stereocenters. The molecule has 0 aliphatic heterocycles. The maximum atomic E-state index is 12.4. The van der Waals surface area contributed by atoms with Crippen LogP contribution in [-0.2, 0) is 4.79 Å². The van der Waals surface area contributed by atoms with Crippen LogP contribution in [0.3, 0.4) is 0 Å². The number of ketones is 1. The zero-order valence-electron chi connectivity index (χ0n) is 12.9. The van der Waals surface area contributed by atoms with E-state index in [2.05, 4.69) is 19.1 Å². The molecule has 0 aromatic carbocycles. The number of hydrogen-bond acceptors (Lipinski definition) is 2. The summed E-state index contributed by atoms with van der Waals surface area (Å²) in [6.07, 6.45) is 13.8. The molecule has 5 unspecified atom stereocenters. The van der Waals surface area contributed by atoms with Crippen molar-refractivity contribution in [3.8, 4) is 0 Å². The summed E-state index contributed by atoms with van der Waals surface area (Å²) >= 11 is 0. The van der Waals surface area contributed by atoms with Crippen LogP contribution < -0.4 is 0 Å². The van der Waals surface area contributed by atoms with Gasteiger partial charge in [0.2, 0.25) is 0 Å². The fourth-order valence-electron chi connectivity index (χ4n) is 5.95. The van der Waals surface area contributed by atoms with Gasteiger partial charge in [0, 0.05) is 5.41 Å². The molecule has 0 bridgehead atoms. The van der Waals surface area contributed by atoms with Gasteiger partial charge in [0.25, 0.3) is 0 Å². The van der Waals surface area contributed by atoms with E-state index < -0.39 is 0 Å². The summed E-state index contributed by atoms with van der Waals surface area (Å²) in [6, 6.07) is 0. The van der Waals surface area contributed by atoms with Crippen LogP contribution >= 0.6 is 0 Å². The van der Waals surface area contributed by atoms with Gasteiger partial charge in [-0.1, -0.05) is 24.6 Å². The normalized spacial score (nSPS) is 48.4. The number of hydrogen-bond donors (Lipinski definition) is 1. The molecule has 1 N–H and O–H groups in total. The zero-order chi connectivity index (χ0) is 14.6. The average Bonchev–Trinajstić information content (AvgIpc) is 2.84. The Morgan fingerprint density at radius 2 is 2.14 bits per heavy atom. The molecule has 0 aromatic rings. The first-order valence-corrected chi connectivity index (χ1v) is 8.75. The van der Waals surface area contributed by atoms with Crippen LogP contribution in [0.2, 0.25) is 0 Å². The second-order valence-corrected chi connectivity index (χ2v) is 7.68. The predicted octanol–water partition coefficient (Wildman–Crippen LogP) is 3.66. The van der Waals surface area contributed by atoms with Crippen LogP contribution in [0.4, 0.5) is 0 Å². The summed E-state index contributed by atoms with van der Waals surface area (Å²) < 4.78 is 0. The Kier molecular flexibility index (Phi) is 3.15. The van der Waals surface area contributed by atoms with Crippen molar-refractivity contribution in [2.45, 2.75) is 58.0 Å². The number of rotatable bonds is 1. The molecular weight excluding hydrogens is 260 g/mol. The molecule has 0 spiro atoms. The molecular formula is C19H26O2. The molecule has 114 valence electrons. The summed E-state index contributed by atoms with van der Waals surface area (Å²) in [5.41, 5.74) is 1.45. The molecule has 0 saturated heterocycles. The van der Waals surface area contributed by atoms with Gasteiger partial charge < -0.3 is 5.11 Å². The zero-order valence-corrected chi connectivity index (χ0v) is 12.9. The number of allylic oxidation sites excluding steroid dienone is 3. The number of carbonyl (C=O) groups excluding carboxylic acids is 1. The van der Waals surface area contributed by atoms with Crippen LogP contribution in [0.25, 0.3) is 0 Å². The Morgan fingerprint density at radius 1 is 1.29 bits per heavy atom. The molecule has 0 radical (unpaired) electrons. The topological polar surface area (TPSA) is 37.3 Å².